The van der Waals surface area contributed by atoms with Gasteiger partial charge in [-0.25, -0.2) is 0 Å². The van der Waals surface area contributed by atoms with Gasteiger partial charge in [-0.3, -0.25) is 0 Å². The van der Waals surface area contributed by atoms with Gasteiger partial charge in [-0.2, -0.15) is 0 Å². The Kier molecular flexibility index (Phi) is 4.03. The molecule has 0 spiro atoms. The van der Waals surface area contributed by atoms with Crippen LogP contribution in [0.3, 0.4) is 0 Å². The zero-order valence-electron chi connectivity index (χ0n) is 10.4. The minimum atomic E-state index is -0.481. The van der Waals surface area contributed by atoms with E-state index in [1.165, 1.54) is 11.1 Å². The molecule has 0 amide bonds. The molecule has 0 fully saturated rings. The fourth-order valence-corrected chi connectivity index (χ4v) is 4.16. The quantitative estimate of drug-likeness (QED) is 0.906. The lowest BCUT2D eigenvalue weighted by Crippen LogP contribution is -2.18. The van der Waals surface area contributed by atoms with Crippen molar-refractivity contribution in [2.75, 3.05) is 6.61 Å². The molecule has 0 saturated heterocycles. The van der Waals surface area contributed by atoms with Gasteiger partial charge in [0.1, 0.15) is 0 Å². The van der Waals surface area contributed by atoms with E-state index in [1.54, 1.807) is 11.3 Å². The molecule has 19 heavy (non-hydrogen) atoms. The van der Waals surface area contributed by atoms with Gasteiger partial charge in [0.15, 0.2) is 0 Å². The lowest BCUT2D eigenvalue weighted by Gasteiger charge is -2.27. The summed E-state index contributed by atoms with van der Waals surface area (Å²) in [6, 6.07) is 10.3. The Balaban J connectivity index is 1.80. The molecule has 2 atom stereocenters. The van der Waals surface area contributed by atoms with E-state index in [0.29, 0.717) is 6.42 Å². The van der Waals surface area contributed by atoms with Crippen LogP contribution in [0.1, 0.15) is 34.6 Å². The SMILES string of the molecule is OC(CC1OCCc2ccccc21)c1sccc1Br. The van der Waals surface area contributed by atoms with E-state index in [-0.39, 0.29) is 6.10 Å². The van der Waals surface area contributed by atoms with Crippen LogP contribution in [0.25, 0.3) is 0 Å². The fraction of sp³-hybridized carbons (Fsp3) is 0.333. The minimum Gasteiger partial charge on any atom is -0.387 e. The normalized spacial score (nSPS) is 20.0. The Morgan fingerprint density at radius 2 is 2.21 bits per heavy atom. The third-order valence-corrected chi connectivity index (χ3v) is 5.45. The maximum Gasteiger partial charge on any atom is 0.0921 e. The van der Waals surface area contributed by atoms with Crippen LogP contribution < -0.4 is 0 Å². The summed E-state index contributed by atoms with van der Waals surface area (Å²) in [6.07, 6.45) is 1.08. The maximum absolute atomic E-state index is 10.4. The number of ether oxygens (including phenoxy) is 1. The molecule has 1 aromatic heterocycles. The standard InChI is InChI=1S/C15H15BrO2S/c16-12-6-8-19-15(12)13(17)9-14-11-4-2-1-3-10(11)5-7-18-14/h1-4,6,8,13-14,17H,5,7,9H2. The second-order valence-corrected chi connectivity index (χ2v) is 6.49. The van der Waals surface area contributed by atoms with Crippen molar-refractivity contribution < 1.29 is 9.84 Å². The number of hydrogen-bond acceptors (Lipinski definition) is 3. The summed E-state index contributed by atoms with van der Waals surface area (Å²) in [5, 5.41) is 12.4. The molecule has 0 saturated carbocycles. The summed E-state index contributed by atoms with van der Waals surface area (Å²) in [6.45, 7) is 0.736. The number of halogens is 1. The van der Waals surface area contributed by atoms with E-state index < -0.39 is 6.10 Å². The summed E-state index contributed by atoms with van der Waals surface area (Å²) >= 11 is 5.05. The predicted molar refractivity (Wildman–Crippen MR) is 80.4 cm³/mol. The van der Waals surface area contributed by atoms with Gasteiger partial charge in [0.05, 0.1) is 18.8 Å². The Hall–Kier alpha value is -0.680. The van der Waals surface area contributed by atoms with Crippen molar-refractivity contribution >= 4 is 27.3 Å². The van der Waals surface area contributed by atoms with E-state index in [0.717, 1.165) is 22.4 Å². The highest BCUT2D eigenvalue weighted by molar-refractivity contribution is 9.10. The van der Waals surface area contributed by atoms with Gasteiger partial charge in [0.25, 0.3) is 0 Å². The van der Waals surface area contributed by atoms with Crippen molar-refractivity contribution in [1.29, 1.82) is 0 Å². The highest BCUT2D eigenvalue weighted by Crippen LogP contribution is 2.38. The van der Waals surface area contributed by atoms with Crippen LogP contribution in [-0.2, 0) is 11.2 Å². The number of rotatable bonds is 3. The Morgan fingerprint density at radius 3 is 3.00 bits per heavy atom. The van der Waals surface area contributed by atoms with Crippen molar-refractivity contribution in [2.24, 2.45) is 0 Å². The number of benzene rings is 1. The lowest BCUT2D eigenvalue weighted by molar-refractivity contribution is 0.00443. The summed E-state index contributed by atoms with van der Waals surface area (Å²) in [5.74, 6) is 0. The lowest BCUT2D eigenvalue weighted by atomic mass is 9.94. The van der Waals surface area contributed by atoms with E-state index in [9.17, 15) is 5.11 Å². The zero-order valence-corrected chi connectivity index (χ0v) is 12.8. The smallest absolute Gasteiger partial charge is 0.0921 e. The minimum absolute atomic E-state index is 0.00560. The van der Waals surface area contributed by atoms with Crippen molar-refractivity contribution in [3.05, 3.63) is 56.2 Å². The summed E-state index contributed by atoms with van der Waals surface area (Å²) in [4.78, 5) is 0.978. The highest BCUT2D eigenvalue weighted by Gasteiger charge is 2.25. The molecule has 1 aliphatic heterocycles. The van der Waals surface area contributed by atoms with Crippen LogP contribution in [0.15, 0.2) is 40.2 Å². The molecule has 2 heterocycles. The van der Waals surface area contributed by atoms with E-state index in [1.807, 2.05) is 17.5 Å². The van der Waals surface area contributed by atoms with Gasteiger partial charge in [0.2, 0.25) is 0 Å². The molecular weight excluding hydrogens is 324 g/mol. The van der Waals surface area contributed by atoms with Crippen molar-refractivity contribution in [2.45, 2.75) is 25.0 Å². The average Bonchev–Trinajstić information content (AvgIpc) is 2.85. The van der Waals surface area contributed by atoms with Gasteiger partial charge < -0.3 is 9.84 Å². The molecule has 100 valence electrons. The van der Waals surface area contributed by atoms with E-state index in [4.69, 9.17) is 4.74 Å². The molecule has 4 heteroatoms. The first-order valence-corrected chi connectivity index (χ1v) is 8.03. The van der Waals surface area contributed by atoms with Crippen LogP contribution in [0.2, 0.25) is 0 Å². The summed E-state index contributed by atoms with van der Waals surface area (Å²) in [5.41, 5.74) is 2.57. The average molecular weight is 339 g/mol. The van der Waals surface area contributed by atoms with Gasteiger partial charge in [0, 0.05) is 15.8 Å². The summed E-state index contributed by atoms with van der Waals surface area (Å²) < 4.78 is 6.82. The topological polar surface area (TPSA) is 29.5 Å². The number of hydrogen-bond donors (Lipinski definition) is 1. The van der Waals surface area contributed by atoms with Crippen molar-refractivity contribution in [3.8, 4) is 0 Å². The largest absolute Gasteiger partial charge is 0.387 e. The third kappa shape index (κ3) is 2.77. The van der Waals surface area contributed by atoms with Crippen LogP contribution in [0, 0.1) is 0 Å². The Morgan fingerprint density at radius 1 is 1.37 bits per heavy atom. The number of fused-ring (bicyclic) bond motifs is 1. The molecule has 1 aromatic carbocycles. The molecule has 0 aliphatic carbocycles. The molecular formula is C15H15BrO2S. The maximum atomic E-state index is 10.4. The molecule has 1 aliphatic rings. The Bertz CT molecular complexity index is 567. The van der Waals surface area contributed by atoms with Crippen LogP contribution in [-0.4, -0.2) is 11.7 Å². The van der Waals surface area contributed by atoms with Crippen molar-refractivity contribution in [3.63, 3.8) is 0 Å². The molecule has 0 radical (unpaired) electrons. The van der Waals surface area contributed by atoms with E-state index >= 15 is 0 Å². The van der Waals surface area contributed by atoms with Crippen LogP contribution in [0.4, 0.5) is 0 Å². The molecule has 2 unspecified atom stereocenters. The first-order valence-electron chi connectivity index (χ1n) is 6.36. The molecule has 0 bridgehead atoms. The highest BCUT2D eigenvalue weighted by atomic mass is 79.9. The fourth-order valence-electron chi connectivity index (χ4n) is 2.52. The second-order valence-electron chi connectivity index (χ2n) is 4.69. The zero-order chi connectivity index (χ0) is 13.2. The summed E-state index contributed by atoms with van der Waals surface area (Å²) in [7, 11) is 0. The first kappa shape index (κ1) is 13.3. The number of aliphatic hydroxyl groups is 1. The predicted octanol–water partition coefficient (Wildman–Crippen LogP) is 4.25. The van der Waals surface area contributed by atoms with Crippen molar-refractivity contribution in [1.82, 2.24) is 0 Å². The monoisotopic (exact) mass is 338 g/mol. The van der Waals surface area contributed by atoms with Crippen LogP contribution >= 0.6 is 27.3 Å². The number of thiophene rings is 1. The van der Waals surface area contributed by atoms with Gasteiger partial charge in [-0.05, 0) is 44.9 Å². The van der Waals surface area contributed by atoms with Gasteiger partial charge >= 0.3 is 0 Å². The molecule has 2 nitrogen and oxygen atoms in total. The van der Waals surface area contributed by atoms with Crippen LogP contribution in [0.5, 0.6) is 0 Å². The molecule has 3 rings (SSSR count). The number of aliphatic hydroxyl groups excluding tert-OH is 1. The molecule has 1 N–H and O–H groups in total. The van der Waals surface area contributed by atoms with E-state index in [2.05, 4.69) is 34.1 Å². The molecule has 2 aromatic rings. The third-order valence-electron chi connectivity index (χ3n) is 3.48. The first-order chi connectivity index (χ1) is 9.25. The van der Waals surface area contributed by atoms with Gasteiger partial charge in [-0.1, -0.05) is 24.3 Å². The Labute approximate surface area is 125 Å². The van der Waals surface area contributed by atoms with Gasteiger partial charge in [-0.15, -0.1) is 11.3 Å². The second kappa shape index (κ2) is 5.75.